The van der Waals surface area contributed by atoms with Gasteiger partial charge in [0.25, 0.3) is 0 Å². The van der Waals surface area contributed by atoms with Gasteiger partial charge in [0.05, 0.1) is 0 Å². The second kappa shape index (κ2) is 5.52. The van der Waals surface area contributed by atoms with Gasteiger partial charge in [-0.05, 0) is 18.1 Å². The zero-order valence-corrected chi connectivity index (χ0v) is 10.4. The fraction of sp³-hybridized carbons (Fsp3) is 0.500. The fourth-order valence-corrected chi connectivity index (χ4v) is 1.62. The number of pyridine rings is 1. The summed E-state index contributed by atoms with van der Waals surface area (Å²) in [5, 5.41) is 6.50. The van der Waals surface area contributed by atoms with Crippen LogP contribution < -0.4 is 15.5 Å². The van der Waals surface area contributed by atoms with Crippen molar-refractivity contribution >= 4 is 11.8 Å². The normalized spacial score (nSPS) is 14.8. The molecule has 0 amide bonds. The van der Waals surface area contributed by atoms with Crippen molar-refractivity contribution < 1.29 is 0 Å². The number of nitrogens with one attached hydrogen (secondary N) is 2. The molecule has 17 heavy (non-hydrogen) atoms. The van der Waals surface area contributed by atoms with Gasteiger partial charge in [0.2, 0.25) is 0 Å². The first-order valence-corrected chi connectivity index (χ1v) is 5.90. The molecule has 0 aromatic carbocycles. The summed E-state index contributed by atoms with van der Waals surface area (Å²) >= 11 is 0. The van der Waals surface area contributed by atoms with Gasteiger partial charge >= 0.3 is 0 Å². The highest BCUT2D eigenvalue weighted by atomic mass is 15.2. The van der Waals surface area contributed by atoms with Crippen molar-refractivity contribution in [1.29, 1.82) is 0 Å². The van der Waals surface area contributed by atoms with Gasteiger partial charge in [-0.2, -0.15) is 0 Å². The summed E-state index contributed by atoms with van der Waals surface area (Å²) in [5.74, 6) is 1.87. The van der Waals surface area contributed by atoms with Crippen molar-refractivity contribution in [2.75, 3.05) is 32.1 Å². The Bertz CT molecular complexity index is 382. The van der Waals surface area contributed by atoms with Crippen LogP contribution in [0.15, 0.2) is 23.3 Å². The molecule has 5 heteroatoms. The number of anilines is 1. The molecule has 0 radical (unpaired) electrons. The van der Waals surface area contributed by atoms with E-state index < -0.39 is 0 Å². The summed E-state index contributed by atoms with van der Waals surface area (Å²) in [6, 6.07) is 4.10. The molecule has 0 unspecified atom stereocenters. The minimum atomic E-state index is 0.756. The molecule has 1 aliphatic heterocycles. The minimum absolute atomic E-state index is 0.756. The van der Waals surface area contributed by atoms with Crippen LogP contribution in [0.1, 0.15) is 12.0 Å². The summed E-state index contributed by atoms with van der Waals surface area (Å²) in [7, 11) is 3.97. The fourth-order valence-electron chi connectivity index (χ4n) is 1.62. The van der Waals surface area contributed by atoms with Crippen molar-refractivity contribution in [3.63, 3.8) is 0 Å². The number of rotatable bonds is 3. The van der Waals surface area contributed by atoms with Crippen LogP contribution in [-0.4, -0.2) is 38.1 Å². The zero-order valence-electron chi connectivity index (χ0n) is 10.4. The Kier molecular flexibility index (Phi) is 3.80. The molecular weight excluding hydrogens is 214 g/mol. The average molecular weight is 233 g/mol. The largest absolute Gasteiger partial charge is 0.363 e. The molecule has 1 aromatic heterocycles. The number of aromatic nitrogens is 1. The van der Waals surface area contributed by atoms with E-state index in [1.165, 1.54) is 0 Å². The van der Waals surface area contributed by atoms with Gasteiger partial charge in [-0.3, -0.25) is 4.99 Å². The van der Waals surface area contributed by atoms with E-state index in [-0.39, 0.29) is 0 Å². The van der Waals surface area contributed by atoms with E-state index in [1.807, 2.05) is 31.3 Å². The molecule has 5 nitrogen and oxygen atoms in total. The molecule has 0 atom stereocenters. The quantitative estimate of drug-likeness (QED) is 0.802. The maximum atomic E-state index is 4.37. The second-order valence-electron chi connectivity index (χ2n) is 4.28. The zero-order chi connectivity index (χ0) is 12.1. The molecular formula is C12H19N5. The molecule has 0 saturated heterocycles. The average Bonchev–Trinajstić information content (AvgIpc) is 2.38. The molecule has 0 aliphatic carbocycles. The van der Waals surface area contributed by atoms with E-state index in [4.69, 9.17) is 0 Å². The van der Waals surface area contributed by atoms with E-state index in [0.717, 1.165) is 43.4 Å². The van der Waals surface area contributed by atoms with Crippen molar-refractivity contribution in [1.82, 2.24) is 15.6 Å². The number of guanidine groups is 1. The van der Waals surface area contributed by atoms with E-state index >= 15 is 0 Å². The lowest BCUT2D eigenvalue weighted by Gasteiger charge is -2.16. The Morgan fingerprint density at radius 1 is 1.41 bits per heavy atom. The van der Waals surface area contributed by atoms with Crippen LogP contribution in [0.3, 0.4) is 0 Å². The van der Waals surface area contributed by atoms with E-state index in [9.17, 15) is 0 Å². The highest BCUT2D eigenvalue weighted by Crippen LogP contribution is 2.07. The molecule has 2 N–H and O–H groups in total. The smallest absolute Gasteiger partial charge is 0.191 e. The Hall–Kier alpha value is -1.78. The first-order chi connectivity index (χ1) is 8.25. The highest BCUT2D eigenvalue weighted by molar-refractivity contribution is 5.80. The van der Waals surface area contributed by atoms with Gasteiger partial charge in [0.1, 0.15) is 5.82 Å². The van der Waals surface area contributed by atoms with Crippen LogP contribution in [0.4, 0.5) is 5.82 Å². The third kappa shape index (κ3) is 3.34. The molecule has 1 aromatic rings. The Morgan fingerprint density at radius 2 is 2.29 bits per heavy atom. The lowest BCUT2D eigenvalue weighted by molar-refractivity contribution is 0.701. The van der Waals surface area contributed by atoms with Crippen molar-refractivity contribution in [3.8, 4) is 0 Å². The van der Waals surface area contributed by atoms with Crippen LogP contribution in [0.5, 0.6) is 0 Å². The number of hydrogen-bond acceptors (Lipinski definition) is 5. The molecule has 0 spiro atoms. The van der Waals surface area contributed by atoms with Gasteiger partial charge in [-0.15, -0.1) is 0 Å². The van der Waals surface area contributed by atoms with Gasteiger partial charge in [0, 0.05) is 39.9 Å². The van der Waals surface area contributed by atoms with Gasteiger partial charge in [-0.25, -0.2) is 4.98 Å². The summed E-state index contributed by atoms with van der Waals surface area (Å²) in [6.07, 6.45) is 3.01. The summed E-state index contributed by atoms with van der Waals surface area (Å²) in [6.45, 7) is 2.67. The predicted octanol–water partition coefficient (Wildman–Crippen LogP) is 0.586. The lowest BCUT2D eigenvalue weighted by Crippen LogP contribution is -2.40. The first-order valence-electron chi connectivity index (χ1n) is 5.90. The van der Waals surface area contributed by atoms with Crippen LogP contribution >= 0.6 is 0 Å². The van der Waals surface area contributed by atoms with Crippen LogP contribution in [0, 0.1) is 0 Å². The molecule has 0 saturated carbocycles. The molecule has 0 bridgehead atoms. The summed E-state index contributed by atoms with van der Waals surface area (Å²) in [5.41, 5.74) is 1.16. The SMILES string of the molecule is CN(C)c1ccc(CNC2=NCCCN2)cn1. The topological polar surface area (TPSA) is 52.5 Å². The van der Waals surface area contributed by atoms with Crippen molar-refractivity contribution in [3.05, 3.63) is 23.9 Å². The number of aliphatic imine (C=N–C) groups is 1. The maximum absolute atomic E-state index is 4.37. The van der Waals surface area contributed by atoms with E-state index in [0.29, 0.717) is 0 Å². The summed E-state index contributed by atoms with van der Waals surface area (Å²) in [4.78, 5) is 10.7. The van der Waals surface area contributed by atoms with Crippen molar-refractivity contribution in [2.45, 2.75) is 13.0 Å². The number of hydrogen-bond donors (Lipinski definition) is 2. The molecule has 2 rings (SSSR count). The third-order valence-corrected chi connectivity index (χ3v) is 2.62. The highest BCUT2D eigenvalue weighted by Gasteiger charge is 2.03. The predicted molar refractivity (Wildman–Crippen MR) is 70.3 cm³/mol. The monoisotopic (exact) mass is 233 g/mol. The van der Waals surface area contributed by atoms with E-state index in [1.54, 1.807) is 0 Å². The van der Waals surface area contributed by atoms with Crippen LogP contribution in [-0.2, 0) is 6.54 Å². The van der Waals surface area contributed by atoms with Gasteiger partial charge in [0.15, 0.2) is 5.96 Å². The lowest BCUT2D eigenvalue weighted by atomic mass is 10.3. The molecule has 92 valence electrons. The maximum Gasteiger partial charge on any atom is 0.191 e. The Morgan fingerprint density at radius 3 is 2.88 bits per heavy atom. The summed E-state index contributed by atoms with van der Waals surface area (Å²) < 4.78 is 0. The second-order valence-corrected chi connectivity index (χ2v) is 4.28. The Labute approximate surface area is 102 Å². The number of nitrogens with zero attached hydrogens (tertiary/aromatic N) is 3. The molecule has 0 fully saturated rings. The van der Waals surface area contributed by atoms with Gasteiger partial charge < -0.3 is 15.5 Å². The third-order valence-electron chi connectivity index (χ3n) is 2.62. The standard InChI is InChI=1S/C12H19N5/c1-17(2)11-5-4-10(8-15-11)9-16-12-13-6-3-7-14-12/h4-5,8H,3,6-7,9H2,1-2H3,(H2,13,14,16). The first kappa shape index (κ1) is 11.7. The molecule has 1 aliphatic rings. The van der Waals surface area contributed by atoms with E-state index in [2.05, 4.69) is 26.7 Å². The van der Waals surface area contributed by atoms with Crippen LogP contribution in [0.25, 0.3) is 0 Å². The van der Waals surface area contributed by atoms with Crippen LogP contribution in [0.2, 0.25) is 0 Å². The Balaban J connectivity index is 1.88. The van der Waals surface area contributed by atoms with Gasteiger partial charge in [-0.1, -0.05) is 6.07 Å². The molecule has 2 heterocycles. The minimum Gasteiger partial charge on any atom is -0.363 e. The van der Waals surface area contributed by atoms with Crippen molar-refractivity contribution in [2.24, 2.45) is 4.99 Å².